The summed E-state index contributed by atoms with van der Waals surface area (Å²) in [4.78, 5) is 129. The number of aliphatic imine (C=N–C) groups is 1. The number of hydrogen-bond acceptors (Lipinski definition) is 12. The summed E-state index contributed by atoms with van der Waals surface area (Å²) in [5, 5.41) is 17.5. The van der Waals surface area contributed by atoms with Gasteiger partial charge in [-0.15, -0.1) is 0 Å². The molecule has 3 aromatic rings. The Kier molecular flexibility index (Phi) is 23.3. The standard InChI is InChI=1S/C55H79N11O11/c1-6-76-52(74)41(24-16-27-58-53(56)57)62-49(71)44(32-38-33-65(34-67)45-25-14-13-22-39(38)45)63-48(70)43(31-37-20-11-8-12-21-37)64-50(72)46-26-17-29-66(46)51(73)40(23-15-28-59-54(75)77-55(3,4)5)61-47(69)42(60-35(2)68)30-36-18-9-7-10-19-36/h7,9-10,13-14,18-19,22,25,33-34,37,40-44,46H,6,8,11-12,15-17,20-21,23-24,26-32H2,1-5H3,(H,59,75)(H,60,68)(H,61,69)(H,62,71)(H,63,70)(H,64,72)(H4,56,57,58)/t40-,41-,42-,43+,44-,46-/m0/s1. The minimum atomic E-state index is -1.34. The summed E-state index contributed by atoms with van der Waals surface area (Å²) in [5.41, 5.74) is 12.2. The molecule has 6 atom stereocenters. The Morgan fingerprint density at radius 2 is 1.39 bits per heavy atom. The summed E-state index contributed by atoms with van der Waals surface area (Å²) in [7, 11) is 0. The van der Waals surface area contributed by atoms with Crippen molar-refractivity contribution in [2.24, 2.45) is 22.4 Å². The van der Waals surface area contributed by atoms with Gasteiger partial charge in [-0.3, -0.25) is 43.1 Å². The quantitative estimate of drug-likeness (QED) is 0.0179. The number of guanidine groups is 1. The smallest absolute Gasteiger partial charge is 0.407 e. The van der Waals surface area contributed by atoms with Gasteiger partial charge in [-0.2, -0.15) is 0 Å². The Bertz CT molecular complexity index is 2540. The second-order valence-corrected chi connectivity index (χ2v) is 20.8. The Morgan fingerprint density at radius 1 is 0.753 bits per heavy atom. The number of carbonyl (C=O) groups is 9. The molecular weight excluding hydrogens is 991 g/mol. The minimum Gasteiger partial charge on any atom is -0.464 e. The van der Waals surface area contributed by atoms with Gasteiger partial charge in [-0.25, -0.2) is 9.59 Å². The zero-order valence-corrected chi connectivity index (χ0v) is 45.1. The van der Waals surface area contributed by atoms with Crippen LogP contribution in [0.15, 0.2) is 65.8 Å². The third kappa shape index (κ3) is 19.2. The highest BCUT2D eigenvalue weighted by Crippen LogP contribution is 2.29. The molecule has 10 N–H and O–H groups in total. The lowest BCUT2D eigenvalue weighted by molar-refractivity contribution is -0.148. The number of amides is 7. The summed E-state index contributed by atoms with van der Waals surface area (Å²) < 4.78 is 12.0. The summed E-state index contributed by atoms with van der Waals surface area (Å²) in [6.45, 7) is 8.56. The summed E-state index contributed by atoms with van der Waals surface area (Å²) in [6.07, 6.45) is 7.59. The number of nitrogens with zero attached hydrogens (tertiary/aromatic N) is 3. The largest absolute Gasteiger partial charge is 0.464 e. The van der Waals surface area contributed by atoms with E-state index in [0.29, 0.717) is 35.7 Å². The van der Waals surface area contributed by atoms with Crippen LogP contribution in [-0.4, -0.2) is 137 Å². The van der Waals surface area contributed by atoms with Crippen molar-refractivity contribution in [1.29, 1.82) is 0 Å². The average molecular weight is 1070 g/mol. The van der Waals surface area contributed by atoms with Crippen LogP contribution in [0.5, 0.6) is 0 Å². The maximum atomic E-state index is 14.9. The number of nitrogens with one attached hydrogen (secondary N) is 6. The summed E-state index contributed by atoms with van der Waals surface area (Å²) in [6, 6.07) is 9.18. The van der Waals surface area contributed by atoms with E-state index >= 15 is 0 Å². The molecule has 1 aliphatic carbocycles. The van der Waals surface area contributed by atoms with E-state index in [1.54, 1.807) is 70.3 Å². The van der Waals surface area contributed by atoms with Crippen molar-refractivity contribution < 1.29 is 52.6 Å². The highest BCUT2D eigenvalue weighted by atomic mass is 16.6. The molecule has 1 aromatic heterocycles. The third-order valence-corrected chi connectivity index (χ3v) is 13.5. The van der Waals surface area contributed by atoms with E-state index in [1.165, 1.54) is 16.4 Å². The van der Waals surface area contributed by atoms with Gasteiger partial charge < -0.3 is 57.7 Å². The average Bonchev–Trinajstić information content (AvgIpc) is 4.05. The molecule has 2 fully saturated rings. The minimum absolute atomic E-state index is 0.0352. The number of hydrogen-bond donors (Lipinski definition) is 8. The topological polar surface area (TPSA) is 317 Å². The highest BCUT2D eigenvalue weighted by molar-refractivity contribution is 5.98. The van der Waals surface area contributed by atoms with Crippen LogP contribution in [0.4, 0.5) is 4.79 Å². The number of ether oxygens (including phenoxy) is 2. The van der Waals surface area contributed by atoms with E-state index in [2.05, 4.69) is 36.9 Å². The van der Waals surface area contributed by atoms with Crippen molar-refractivity contribution in [3.63, 3.8) is 0 Å². The van der Waals surface area contributed by atoms with Crippen LogP contribution >= 0.6 is 0 Å². The van der Waals surface area contributed by atoms with E-state index in [-0.39, 0.29) is 83.1 Å². The first-order valence-corrected chi connectivity index (χ1v) is 26.8. The fraction of sp³-hybridized carbons (Fsp3) is 0.564. The van der Waals surface area contributed by atoms with E-state index < -0.39 is 89.4 Å². The molecular formula is C55H79N11O11. The van der Waals surface area contributed by atoms with Crippen LogP contribution in [0.3, 0.4) is 0 Å². The second kappa shape index (κ2) is 29.7. The lowest BCUT2D eigenvalue weighted by Crippen LogP contribution is -2.59. The number of alkyl carbamates (subject to hydrolysis) is 1. The molecule has 2 heterocycles. The van der Waals surface area contributed by atoms with Gasteiger partial charge in [-0.1, -0.05) is 80.6 Å². The van der Waals surface area contributed by atoms with Gasteiger partial charge in [0.25, 0.3) is 0 Å². The van der Waals surface area contributed by atoms with Crippen molar-refractivity contribution >= 4 is 70.8 Å². The molecule has 0 spiro atoms. The molecule has 2 aliphatic rings. The number of aromatic nitrogens is 1. The molecule has 2 aromatic carbocycles. The molecule has 5 rings (SSSR count). The lowest BCUT2D eigenvalue weighted by atomic mass is 9.84. The Hall–Kier alpha value is -7.52. The van der Waals surface area contributed by atoms with Gasteiger partial charge in [0, 0.05) is 51.0 Å². The van der Waals surface area contributed by atoms with Crippen molar-refractivity contribution in [3.05, 3.63) is 71.9 Å². The monoisotopic (exact) mass is 1070 g/mol. The van der Waals surface area contributed by atoms with Crippen LogP contribution in [0.2, 0.25) is 0 Å². The molecule has 22 heteroatoms. The molecule has 0 unspecified atom stereocenters. The van der Waals surface area contributed by atoms with Gasteiger partial charge in [-0.05, 0) is 95.8 Å². The van der Waals surface area contributed by atoms with E-state index in [9.17, 15) is 43.2 Å². The van der Waals surface area contributed by atoms with E-state index in [4.69, 9.17) is 20.9 Å². The maximum absolute atomic E-state index is 14.9. The fourth-order valence-electron chi connectivity index (χ4n) is 9.90. The van der Waals surface area contributed by atoms with E-state index in [0.717, 1.165) is 37.7 Å². The zero-order valence-electron chi connectivity index (χ0n) is 45.1. The number of benzene rings is 2. The number of nitrogens with two attached hydrogens (primary N) is 2. The van der Waals surface area contributed by atoms with Crippen LogP contribution in [0, 0.1) is 5.92 Å². The number of carbonyl (C=O) groups excluding carboxylic acids is 9. The normalized spacial score (nSPS) is 16.6. The van der Waals surface area contributed by atoms with Gasteiger partial charge in [0.05, 0.1) is 12.1 Å². The molecule has 1 aliphatic heterocycles. The number of rotatable bonds is 27. The van der Waals surface area contributed by atoms with Gasteiger partial charge in [0.2, 0.25) is 41.9 Å². The third-order valence-electron chi connectivity index (χ3n) is 13.5. The number of likely N-dealkylation sites (tertiary alicyclic amines) is 1. The molecule has 420 valence electrons. The van der Waals surface area contributed by atoms with Gasteiger partial charge in [0.15, 0.2) is 5.96 Å². The highest BCUT2D eigenvalue weighted by Gasteiger charge is 2.41. The predicted octanol–water partition coefficient (Wildman–Crippen LogP) is 2.79. The van der Waals surface area contributed by atoms with Crippen LogP contribution in [0.25, 0.3) is 10.9 Å². The molecule has 77 heavy (non-hydrogen) atoms. The first-order valence-electron chi connectivity index (χ1n) is 26.8. The Balaban J connectivity index is 1.42. The van der Waals surface area contributed by atoms with E-state index in [1.807, 2.05) is 18.2 Å². The summed E-state index contributed by atoms with van der Waals surface area (Å²) in [5.74, 6) is -4.46. The van der Waals surface area contributed by atoms with Gasteiger partial charge >= 0.3 is 12.1 Å². The Labute approximate surface area is 450 Å². The van der Waals surface area contributed by atoms with Crippen molar-refractivity contribution in [2.45, 2.75) is 166 Å². The number of para-hydroxylation sites is 1. The first kappa shape index (κ1) is 60.3. The molecule has 1 saturated carbocycles. The van der Waals surface area contributed by atoms with Gasteiger partial charge in [0.1, 0.15) is 41.9 Å². The zero-order chi connectivity index (χ0) is 56.1. The van der Waals surface area contributed by atoms with Crippen molar-refractivity contribution in [3.8, 4) is 0 Å². The lowest BCUT2D eigenvalue weighted by Gasteiger charge is -2.32. The first-order chi connectivity index (χ1) is 36.8. The van der Waals surface area contributed by atoms with Crippen molar-refractivity contribution in [1.82, 2.24) is 41.4 Å². The van der Waals surface area contributed by atoms with Crippen molar-refractivity contribution in [2.75, 3.05) is 26.2 Å². The number of esters is 1. The van der Waals surface area contributed by atoms with Crippen LogP contribution in [-0.2, 0) is 60.7 Å². The molecule has 0 bridgehead atoms. The summed E-state index contributed by atoms with van der Waals surface area (Å²) >= 11 is 0. The van der Waals surface area contributed by atoms with Crippen LogP contribution in [0.1, 0.15) is 123 Å². The molecule has 1 saturated heterocycles. The maximum Gasteiger partial charge on any atom is 0.407 e. The molecule has 7 amide bonds. The molecule has 0 radical (unpaired) electrons. The fourth-order valence-corrected chi connectivity index (χ4v) is 9.90. The SMILES string of the molecule is CCOC(=O)[C@H](CCCN=C(N)N)NC(=O)[C@H](Cc1cn(C=O)c2ccccc12)NC(=O)[C@@H](CC1CCCCC1)NC(=O)[C@@H]1CCCN1C(=O)[C@H](CCCNC(=O)OC(C)(C)C)NC(=O)[C@H](Cc1ccccc1)NC(C)=O. The Morgan fingerprint density at radius 3 is 2.05 bits per heavy atom. The number of fused-ring (bicyclic) bond motifs is 1. The molecule has 22 nitrogen and oxygen atoms in total. The predicted molar refractivity (Wildman–Crippen MR) is 289 cm³/mol. The second-order valence-electron chi connectivity index (χ2n) is 20.8. The van der Waals surface area contributed by atoms with Crippen LogP contribution < -0.4 is 43.4 Å².